The van der Waals surface area contributed by atoms with Crippen LogP contribution in [0.15, 0.2) is 36.8 Å². The highest BCUT2D eigenvalue weighted by atomic mass is 16.5. The van der Waals surface area contributed by atoms with E-state index in [9.17, 15) is 4.79 Å². The summed E-state index contributed by atoms with van der Waals surface area (Å²) in [6.07, 6.45) is 10.4. The van der Waals surface area contributed by atoms with Crippen LogP contribution in [0.5, 0.6) is 5.75 Å². The zero-order valence-corrected chi connectivity index (χ0v) is 15.7. The lowest BCUT2D eigenvalue weighted by molar-refractivity contribution is -0.126. The largest absolute Gasteiger partial charge is 0.488 e. The zero-order chi connectivity index (χ0) is 18.6. The molecule has 1 aromatic carbocycles. The Morgan fingerprint density at radius 2 is 2.22 bits per heavy atom. The molecule has 2 aromatic rings. The molecule has 1 saturated heterocycles. The second-order valence-corrected chi connectivity index (χ2v) is 7.45. The quantitative estimate of drug-likeness (QED) is 0.900. The molecule has 0 saturated carbocycles. The molecular formula is C21H26N4O2. The molecule has 0 aliphatic carbocycles. The summed E-state index contributed by atoms with van der Waals surface area (Å²) < 4.78 is 6.02. The Hall–Kier alpha value is -2.47. The summed E-state index contributed by atoms with van der Waals surface area (Å²) in [6.45, 7) is 1.53. The third-order valence-corrected chi connectivity index (χ3v) is 5.49. The number of ether oxygens (including phenoxy) is 1. The Morgan fingerprint density at radius 1 is 1.30 bits per heavy atom. The molecule has 2 aliphatic rings. The van der Waals surface area contributed by atoms with Gasteiger partial charge < -0.3 is 10.1 Å². The van der Waals surface area contributed by atoms with Gasteiger partial charge in [-0.05, 0) is 50.2 Å². The Morgan fingerprint density at radius 3 is 3.07 bits per heavy atom. The first-order chi connectivity index (χ1) is 13.2. The van der Waals surface area contributed by atoms with E-state index in [-0.39, 0.29) is 18.1 Å². The van der Waals surface area contributed by atoms with E-state index in [0.29, 0.717) is 6.54 Å². The summed E-state index contributed by atoms with van der Waals surface area (Å²) in [7, 11) is 2.05. The van der Waals surface area contributed by atoms with E-state index in [2.05, 4.69) is 26.3 Å². The zero-order valence-electron chi connectivity index (χ0n) is 15.7. The lowest BCUT2D eigenvalue weighted by Gasteiger charge is -2.25. The number of nitrogens with one attached hydrogen (secondary N) is 1. The Labute approximate surface area is 160 Å². The molecule has 2 unspecified atom stereocenters. The van der Waals surface area contributed by atoms with Gasteiger partial charge in [0.25, 0.3) is 0 Å². The number of likely N-dealkylation sites (N-methyl/N-ethyl adjacent to an activating group) is 1. The van der Waals surface area contributed by atoms with Crippen LogP contribution in [-0.4, -0.2) is 53.1 Å². The van der Waals surface area contributed by atoms with E-state index < -0.39 is 0 Å². The molecule has 0 radical (unpaired) electrons. The second-order valence-electron chi connectivity index (χ2n) is 7.45. The topological polar surface area (TPSA) is 67.4 Å². The number of carbonyl (C=O) groups is 1. The van der Waals surface area contributed by atoms with Crippen molar-refractivity contribution in [2.75, 3.05) is 20.1 Å². The standard InChI is InChI=1S/C21H26N4O2/c1-25-10-4-2-3-5-19(25)21(26)24-13-17-12-16-11-15(6-7-20(16)27-17)18-14-22-8-9-23-18/h6-9,11,14,17,19H,2-5,10,12-13H2,1H3,(H,24,26). The summed E-state index contributed by atoms with van der Waals surface area (Å²) in [5, 5.41) is 3.11. The minimum absolute atomic E-state index is 0.0143. The van der Waals surface area contributed by atoms with Crippen LogP contribution in [0.2, 0.25) is 0 Å². The predicted molar refractivity (Wildman–Crippen MR) is 103 cm³/mol. The van der Waals surface area contributed by atoms with Gasteiger partial charge in [-0.2, -0.15) is 0 Å². The van der Waals surface area contributed by atoms with Crippen LogP contribution < -0.4 is 10.1 Å². The van der Waals surface area contributed by atoms with Crippen LogP contribution in [0.25, 0.3) is 11.3 Å². The van der Waals surface area contributed by atoms with Crippen molar-refractivity contribution in [3.05, 3.63) is 42.4 Å². The average Bonchev–Trinajstić information content (AvgIpc) is 2.99. The van der Waals surface area contributed by atoms with Crippen molar-refractivity contribution in [1.29, 1.82) is 0 Å². The number of hydrogen-bond acceptors (Lipinski definition) is 5. The molecule has 2 aliphatic heterocycles. The van der Waals surface area contributed by atoms with Crippen molar-refractivity contribution in [2.24, 2.45) is 0 Å². The van der Waals surface area contributed by atoms with Crippen LogP contribution in [0.3, 0.4) is 0 Å². The fraction of sp³-hybridized carbons (Fsp3) is 0.476. The smallest absolute Gasteiger partial charge is 0.237 e. The molecule has 0 spiro atoms. The molecule has 6 nitrogen and oxygen atoms in total. The number of likely N-dealkylation sites (tertiary alicyclic amines) is 1. The van der Waals surface area contributed by atoms with Crippen LogP contribution in [0.4, 0.5) is 0 Å². The van der Waals surface area contributed by atoms with E-state index in [1.807, 2.05) is 19.2 Å². The number of carbonyl (C=O) groups excluding carboxylic acids is 1. The van der Waals surface area contributed by atoms with Gasteiger partial charge in [0, 0.05) is 24.4 Å². The van der Waals surface area contributed by atoms with Crippen molar-refractivity contribution >= 4 is 5.91 Å². The lowest BCUT2D eigenvalue weighted by atomic mass is 10.0. The summed E-state index contributed by atoms with van der Waals surface area (Å²) >= 11 is 0. The van der Waals surface area contributed by atoms with Crippen molar-refractivity contribution in [2.45, 2.75) is 44.2 Å². The monoisotopic (exact) mass is 366 g/mol. The molecule has 142 valence electrons. The molecular weight excluding hydrogens is 340 g/mol. The fourth-order valence-corrected chi connectivity index (χ4v) is 3.96. The maximum atomic E-state index is 12.6. The van der Waals surface area contributed by atoms with Gasteiger partial charge in [0.2, 0.25) is 5.91 Å². The van der Waals surface area contributed by atoms with Gasteiger partial charge in [-0.3, -0.25) is 19.7 Å². The third kappa shape index (κ3) is 4.11. The van der Waals surface area contributed by atoms with E-state index in [4.69, 9.17) is 4.74 Å². The number of aromatic nitrogens is 2. The number of benzene rings is 1. The first-order valence-electron chi connectivity index (χ1n) is 9.74. The maximum Gasteiger partial charge on any atom is 0.237 e. The first-order valence-corrected chi connectivity index (χ1v) is 9.74. The van der Waals surface area contributed by atoms with Gasteiger partial charge in [-0.25, -0.2) is 0 Å². The minimum Gasteiger partial charge on any atom is -0.488 e. The number of hydrogen-bond donors (Lipinski definition) is 1. The number of amides is 1. The number of rotatable bonds is 4. The van der Waals surface area contributed by atoms with Gasteiger partial charge in [0.1, 0.15) is 11.9 Å². The van der Waals surface area contributed by atoms with Crippen LogP contribution in [0.1, 0.15) is 31.2 Å². The van der Waals surface area contributed by atoms with Gasteiger partial charge in [-0.1, -0.05) is 12.8 Å². The van der Waals surface area contributed by atoms with Crippen molar-refractivity contribution in [3.8, 4) is 17.0 Å². The Bertz CT molecular complexity index is 796. The highest BCUT2D eigenvalue weighted by Crippen LogP contribution is 2.32. The van der Waals surface area contributed by atoms with E-state index in [0.717, 1.165) is 48.4 Å². The molecule has 2 atom stereocenters. The van der Waals surface area contributed by atoms with E-state index in [1.54, 1.807) is 18.6 Å². The minimum atomic E-state index is -0.0165. The number of nitrogens with zero attached hydrogens (tertiary/aromatic N) is 3. The molecule has 0 bridgehead atoms. The van der Waals surface area contributed by atoms with Crippen molar-refractivity contribution in [3.63, 3.8) is 0 Å². The molecule has 4 rings (SSSR count). The normalized spacial score (nSPS) is 22.6. The van der Waals surface area contributed by atoms with Gasteiger partial charge in [-0.15, -0.1) is 0 Å². The molecule has 1 N–H and O–H groups in total. The molecule has 1 aromatic heterocycles. The molecule has 27 heavy (non-hydrogen) atoms. The van der Waals surface area contributed by atoms with Gasteiger partial charge >= 0.3 is 0 Å². The molecule has 3 heterocycles. The van der Waals surface area contributed by atoms with Crippen molar-refractivity contribution in [1.82, 2.24) is 20.2 Å². The average molecular weight is 366 g/mol. The molecule has 1 amide bonds. The summed E-state index contributed by atoms with van der Waals surface area (Å²) in [6, 6.07) is 6.09. The Kier molecular flexibility index (Phi) is 5.34. The summed E-state index contributed by atoms with van der Waals surface area (Å²) in [5.74, 6) is 1.02. The molecule has 6 heteroatoms. The van der Waals surface area contributed by atoms with E-state index in [1.165, 1.54) is 12.8 Å². The summed E-state index contributed by atoms with van der Waals surface area (Å²) in [5.41, 5.74) is 3.05. The Balaban J connectivity index is 1.35. The van der Waals surface area contributed by atoms with Crippen LogP contribution in [0, 0.1) is 0 Å². The number of fused-ring (bicyclic) bond motifs is 1. The maximum absolute atomic E-state index is 12.6. The van der Waals surface area contributed by atoms with Crippen molar-refractivity contribution < 1.29 is 9.53 Å². The molecule has 1 fully saturated rings. The summed E-state index contributed by atoms with van der Waals surface area (Å²) in [4.78, 5) is 23.3. The van der Waals surface area contributed by atoms with E-state index >= 15 is 0 Å². The second kappa shape index (κ2) is 8.05. The SMILES string of the molecule is CN1CCCCCC1C(=O)NCC1Cc2cc(-c3cnccn3)ccc2O1. The first kappa shape index (κ1) is 17.9. The third-order valence-electron chi connectivity index (χ3n) is 5.49. The van der Waals surface area contributed by atoms with Crippen LogP contribution in [-0.2, 0) is 11.2 Å². The van der Waals surface area contributed by atoms with Gasteiger partial charge in [0.05, 0.1) is 24.5 Å². The highest BCUT2D eigenvalue weighted by Gasteiger charge is 2.27. The predicted octanol–water partition coefficient (Wildman–Crippen LogP) is 2.44. The fourth-order valence-electron chi connectivity index (χ4n) is 3.96. The van der Waals surface area contributed by atoms with Gasteiger partial charge in [0.15, 0.2) is 0 Å². The lowest BCUT2D eigenvalue weighted by Crippen LogP contribution is -2.47. The van der Waals surface area contributed by atoms with Crippen LogP contribution >= 0.6 is 0 Å². The highest BCUT2D eigenvalue weighted by molar-refractivity contribution is 5.81.